The largest absolute Gasteiger partial charge is 0.482 e. The summed E-state index contributed by atoms with van der Waals surface area (Å²) in [6, 6.07) is 13.1. The number of ether oxygens (including phenoxy) is 2. The molecule has 0 spiro atoms. The highest BCUT2D eigenvalue weighted by Crippen LogP contribution is 2.25. The average Bonchev–Trinajstić information content (AvgIpc) is 2.78. The van der Waals surface area contributed by atoms with E-state index in [0.29, 0.717) is 17.9 Å². The van der Waals surface area contributed by atoms with E-state index in [1.807, 2.05) is 0 Å². The molecule has 0 unspecified atom stereocenters. The smallest absolute Gasteiger partial charge is 0.341 e. The first-order chi connectivity index (χ1) is 14.9. The van der Waals surface area contributed by atoms with Gasteiger partial charge in [-0.05, 0) is 29.8 Å². The van der Waals surface area contributed by atoms with E-state index < -0.39 is 36.6 Å². The summed E-state index contributed by atoms with van der Waals surface area (Å²) < 4.78 is 10.5. The lowest BCUT2D eigenvalue weighted by atomic mass is 10.1. The normalized spacial score (nSPS) is 17.2. The number of carbonyl (C=O) groups is 3. The number of aliphatic hydroxyl groups excluding tert-OH is 1. The van der Waals surface area contributed by atoms with Gasteiger partial charge in [0, 0.05) is 30.5 Å². The molecule has 0 saturated carbocycles. The van der Waals surface area contributed by atoms with Crippen LogP contribution >= 0.6 is 0 Å². The van der Waals surface area contributed by atoms with Gasteiger partial charge in [-0.1, -0.05) is 18.2 Å². The van der Waals surface area contributed by atoms with Gasteiger partial charge < -0.3 is 35.6 Å². The van der Waals surface area contributed by atoms with Crippen molar-refractivity contribution in [3.8, 4) is 5.75 Å². The lowest BCUT2D eigenvalue weighted by molar-refractivity contribution is -0.150. The molecule has 0 bridgehead atoms. The van der Waals surface area contributed by atoms with E-state index >= 15 is 0 Å². The minimum Gasteiger partial charge on any atom is -0.482 e. The lowest BCUT2D eigenvalue weighted by Crippen LogP contribution is -2.55. The standard InChI is InChI=1S/C21H23N3O7/c22-11-13-4-6-14(7-5-13)23-20(28)18(27)19-21(29)24(8-9-30-19)15-2-1-3-16(10-15)31-12-17(25)26/h1-7,10,18-19,27H,8-9,11-12,22H2,(H,23,28)(H,25,26)/t18-,19-/m1/s1. The Kier molecular flexibility index (Phi) is 7.19. The molecule has 10 heteroatoms. The molecular formula is C21H23N3O7. The van der Waals surface area contributed by atoms with Crippen LogP contribution in [-0.2, 0) is 25.7 Å². The monoisotopic (exact) mass is 429 g/mol. The molecule has 31 heavy (non-hydrogen) atoms. The van der Waals surface area contributed by atoms with Crippen LogP contribution in [0, 0.1) is 0 Å². The van der Waals surface area contributed by atoms with E-state index in [2.05, 4.69) is 5.32 Å². The predicted molar refractivity (Wildman–Crippen MR) is 111 cm³/mol. The number of carboxylic acid groups (broad SMARTS) is 1. The highest BCUT2D eigenvalue weighted by atomic mass is 16.5. The first-order valence-electron chi connectivity index (χ1n) is 9.54. The summed E-state index contributed by atoms with van der Waals surface area (Å²) in [5.74, 6) is -2.23. The highest BCUT2D eigenvalue weighted by molar-refractivity contribution is 6.03. The second kappa shape index (κ2) is 10.0. The number of morpholine rings is 1. The second-order valence-corrected chi connectivity index (χ2v) is 6.80. The molecule has 2 aromatic rings. The van der Waals surface area contributed by atoms with Gasteiger partial charge in [0.05, 0.1) is 6.61 Å². The summed E-state index contributed by atoms with van der Waals surface area (Å²) in [5.41, 5.74) is 7.31. The molecular weight excluding hydrogens is 406 g/mol. The van der Waals surface area contributed by atoms with Crippen molar-refractivity contribution < 1.29 is 34.1 Å². The Morgan fingerprint density at radius 1 is 1.26 bits per heavy atom. The molecule has 1 fully saturated rings. The van der Waals surface area contributed by atoms with Crippen LogP contribution in [0.1, 0.15) is 5.56 Å². The van der Waals surface area contributed by atoms with Crippen LogP contribution in [0.15, 0.2) is 48.5 Å². The van der Waals surface area contributed by atoms with Crippen LogP contribution in [0.4, 0.5) is 11.4 Å². The number of carboxylic acids is 1. The number of amides is 2. The van der Waals surface area contributed by atoms with Gasteiger partial charge in [0.25, 0.3) is 11.8 Å². The molecule has 10 nitrogen and oxygen atoms in total. The molecule has 0 aromatic heterocycles. The molecule has 1 aliphatic rings. The van der Waals surface area contributed by atoms with Crippen molar-refractivity contribution in [1.82, 2.24) is 0 Å². The van der Waals surface area contributed by atoms with E-state index in [1.165, 1.54) is 11.0 Å². The summed E-state index contributed by atoms with van der Waals surface area (Å²) >= 11 is 0. The molecule has 2 amide bonds. The lowest BCUT2D eigenvalue weighted by Gasteiger charge is -2.34. The molecule has 164 valence electrons. The Morgan fingerprint density at radius 2 is 2.00 bits per heavy atom. The van der Waals surface area contributed by atoms with Gasteiger partial charge in [-0.15, -0.1) is 0 Å². The van der Waals surface area contributed by atoms with Crippen LogP contribution in [0.25, 0.3) is 0 Å². The fourth-order valence-electron chi connectivity index (χ4n) is 3.05. The van der Waals surface area contributed by atoms with Gasteiger partial charge in [0.2, 0.25) is 0 Å². The van der Waals surface area contributed by atoms with E-state index in [4.69, 9.17) is 20.3 Å². The van der Waals surface area contributed by atoms with E-state index in [-0.39, 0.29) is 18.9 Å². The zero-order valence-electron chi connectivity index (χ0n) is 16.6. The minimum absolute atomic E-state index is 0.103. The number of rotatable bonds is 8. The maximum Gasteiger partial charge on any atom is 0.341 e. The molecule has 1 aliphatic heterocycles. The fourth-order valence-corrected chi connectivity index (χ4v) is 3.05. The Balaban J connectivity index is 1.68. The van der Waals surface area contributed by atoms with Crippen molar-refractivity contribution in [3.05, 3.63) is 54.1 Å². The zero-order valence-corrected chi connectivity index (χ0v) is 16.6. The topological polar surface area (TPSA) is 151 Å². The molecule has 0 radical (unpaired) electrons. The van der Waals surface area contributed by atoms with Crippen LogP contribution in [-0.4, -0.2) is 60.0 Å². The third kappa shape index (κ3) is 5.57. The van der Waals surface area contributed by atoms with Gasteiger partial charge in [-0.3, -0.25) is 9.59 Å². The first kappa shape index (κ1) is 22.2. The molecule has 5 N–H and O–H groups in total. The summed E-state index contributed by atoms with van der Waals surface area (Å²) in [6.45, 7) is 0.146. The van der Waals surface area contributed by atoms with Crippen molar-refractivity contribution in [1.29, 1.82) is 0 Å². The number of aliphatic carboxylic acids is 1. The number of hydrogen-bond donors (Lipinski definition) is 4. The first-order valence-corrected chi connectivity index (χ1v) is 9.54. The van der Waals surface area contributed by atoms with Gasteiger partial charge in [-0.25, -0.2) is 4.79 Å². The molecule has 2 atom stereocenters. The summed E-state index contributed by atoms with van der Waals surface area (Å²) in [6.07, 6.45) is -3.11. The number of carbonyl (C=O) groups excluding carboxylic acids is 2. The van der Waals surface area contributed by atoms with Crippen LogP contribution in [0.5, 0.6) is 5.75 Å². The molecule has 3 rings (SSSR count). The number of nitrogens with one attached hydrogen (secondary N) is 1. The van der Waals surface area contributed by atoms with Crippen molar-refractivity contribution in [3.63, 3.8) is 0 Å². The summed E-state index contributed by atoms with van der Waals surface area (Å²) in [7, 11) is 0. The van der Waals surface area contributed by atoms with Gasteiger partial charge >= 0.3 is 5.97 Å². The SMILES string of the molecule is NCc1ccc(NC(=O)[C@H](O)[C@H]2OCCN(c3cccc(OCC(=O)O)c3)C2=O)cc1. The van der Waals surface area contributed by atoms with E-state index in [1.54, 1.807) is 42.5 Å². The fraction of sp³-hybridized carbons (Fsp3) is 0.286. The van der Waals surface area contributed by atoms with Gasteiger partial charge in [0.15, 0.2) is 18.8 Å². The molecule has 2 aromatic carbocycles. The third-order valence-corrected chi connectivity index (χ3v) is 4.63. The van der Waals surface area contributed by atoms with Crippen molar-refractivity contribution in [2.45, 2.75) is 18.8 Å². The average molecular weight is 429 g/mol. The number of nitrogens with zero attached hydrogens (tertiary/aromatic N) is 1. The van der Waals surface area contributed by atoms with Crippen molar-refractivity contribution in [2.75, 3.05) is 30.0 Å². The quantitative estimate of drug-likeness (QED) is 0.469. The molecule has 0 aliphatic carbocycles. The second-order valence-electron chi connectivity index (χ2n) is 6.80. The number of hydrogen-bond acceptors (Lipinski definition) is 7. The van der Waals surface area contributed by atoms with Crippen LogP contribution in [0.2, 0.25) is 0 Å². The zero-order chi connectivity index (χ0) is 22.4. The van der Waals surface area contributed by atoms with E-state index in [9.17, 15) is 19.5 Å². The van der Waals surface area contributed by atoms with Crippen molar-refractivity contribution >= 4 is 29.2 Å². The predicted octanol–water partition coefficient (Wildman–Crippen LogP) is 0.340. The Hall–Kier alpha value is -3.47. The Morgan fingerprint density at radius 3 is 2.68 bits per heavy atom. The summed E-state index contributed by atoms with van der Waals surface area (Å²) in [4.78, 5) is 37.4. The third-order valence-electron chi connectivity index (χ3n) is 4.63. The van der Waals surface area contributed by atoms with Crippen molar-refractivity contribution in [2.24, 2.45) is 5.73 Å². The number of anilines is 2. The number of benzene rings is 2. The number of aliphatic hydroxyl groups is 1. The molecule has 1 heterocycles. The van der Waals surface area contributed by atoms with Gasteiger partial charge in [0.1, 0.15) is 5.75 Å². The van der Waals surface area contributed by atoms with Gasteiger partial charge in [-0.2, -0.15) is 0 Å². The maximum atomic E-state index is 12.9. The Bertz CT molecular complexity index is 948. The minimum atomic E-state index is -1.73. The Labute approximate surface area is 178 Å². The van der Waals surface area contributed by atoms with Crippen LogP contribution < -0.4 is 20.7 Å². The van der Waals surface area contributed by atoms with Crippen LogP contribution in [0.3, 0.4) is 0 Å². The summed E-state index contributed by atoms with van der Waals surface area (Å²) in [5, 5.41) is 21.7. The highest BCUT2D eigenvalue weighted by Gasteiger charge is 2.39. The van der Waals surface area contributed by atoms with E-state index in [0.717, 1.165) is 5.56 Å². The number of nitrogens with two attached hydrogens (primary N) is 1. The molecule has 1 saturated heterocycles. The maximum absolute atomic E-state index is 12.9.